The lowest BCUT2D eigenvalue weighted by Crippen LogP contribution is -2.44. The molecule has 0 aliphatic rings. The molecule has 0 spiro atoms. The van der Waals surface area contributed by atoms with E-state index in [1.54, 1.807) is 0 Å². The Kier molecular flexibility index (Phi) is 5.63. The summed E-state index contributed by atoms with van der Waals surface area (Å²) in [6.45, 7) is 15.1. The molecule has 2 nitrogen and oxygen atoms in total. The van der Waals surface area contributed by atoms with Crippen LogP contribution in [0, 0.1) is 0 Å². The van der Waals surface area contributed by atoms with Gasteiger partial charge in [-0.25, -0.2) is 0 Å². The maximum absolute atomic E-state index is 10.7. The maximum atomic E-state index is 10.7. The average molecular weight is 242 g/mol. The van der Waals surface area contributed by atoms with Crippen LogP contribution in [0.5, 0.6) is 0 Å². The van der Waals surface area contributed by atoms with Crippen LogP contribution in [0.25, 0.3) is 0 Å². The first kappa shape index (κ1) is 15.6. The predicted molar refractivity (Wildman–Crippen MR) is 72.2 cm³/mol. The van der Waals surface area contributed by atoms with Crippen molar-refractivity contribution < 1.29 is 9.22 Å². The Hall–Kier alpha value is -0.413. The molecule has 0 aromatic heterocycles. The lowest BCUT2D eigenvalue weighted by Gasteiger charge is -2.39. The molecule has 0 bridgehead atoms. The fourth-order valence-electron chi connectivity index (χ4n) is 1.13. The summed E-state index contributed by atoms with van der Waals surface area (Å²) in [4.78, 5) is 10.7. The van der Waals surface area contributed by atoms with Crippen molar-refractivity contribution in [3.8, 4) is 0 Å². The second-order valence-electron chi connectivity index (χ2n) is 5.80. The van der Waals surface area contributed by atoms with Gasteiger partial charge in [0.25, 0.3) is 0 Å². The standard InChI is InChI=1S/C13H26O2Si/c1-8-11(2)12(9-10-14)15-16(6,7)13(3,4)5/h8,10,12H,9H2,1-7H3/t12-/m1/s1. The first-order chi connectivity index (χ1) is 7.15. The Labute approximate surface area is 101 Å². The average Bonchev–Trinajstić information content (AvgIpc) is 2.14. The van der Waals surface area contributed by atoms with Crippen LogP contribution in [0.15, 0.2) is 11.6 Å². The van der Waals surface area contributed by atoms with Crippen molar-refractivity contribution >= 4 is 14.6 Å². The summed E-state index contributed by atoms with van der Waals surface area (Å²) >= 11 is 0. The van der Waals surface area contributed by atoms with Gasteiger partial charge in [-0.1, -0.05) is 26.8 Å². The summed E-state index contributed by atoms with van der Waals surface area (Å²) in [6, 6.07) is 0. The lowest BCUT2D eigenvalue weighted by molar-refractivity contribution is -0.109. The van der Waals surface area contributed by atoms with Crippen LogP contribution in [0.2, 0.25) is 18.1 Å². The normalized spacial score (nSPS) is 16.1. The second-order valence-corrected chi connectivity index (χ2v) is 10.6. The van der Waals surface area contributed by atoms with Crippen LogP contribution in [-0.4, -0.2) is 20.7 Å². The van der Waals surface area contributed by atoms with E-state index in [1.165, 1.54) is 0 Å². The fourth-order valence-corrected chi connectivity index (χ4v) is 2.48. The summed E-state index contributed by atoms with van der Waals surface area (Å²) in [6.07, 6.45) is 3.40. The van der Waals surface area contributed by atoms with Gasteiger partial charge in [0.15, 0.2) is 8.32 Å². The molecule has 3 heteroatoms. The van der Waals surface area contributed by atoms with E-state index >= 15 is 0 Å². The number of rotatable bonds is 5. The molecule has 0 rings (SSSR count). The van der Waals surface area contributed by atoms with Crippen molar-refractivity contribution in [2.45, 2.75) is 65.3 Å². The zero-order valence-electron chi connectivity index (χ0n) is 11.8. The van der Waals surface area contributed by atoms with Gasteiger partial charge in [-0.3, -0.25) is 0 Å². The Morgan fingerprint density at radius 1 is 1.38 bits per heavy atom. The molecule has 0 aromatic carbocycles. The van der Waals surface area contributed by atoms with Gasteiger partial charge in [0.1, 0.15) is 6.29 Å². The van der Waals surface area contributed by atoms with E-state index in [1.807, 2.05) is 19.9 Å². The molecule has 0 aromatic rings. The SMILES string of the molecule is CC=C(C)[C@@H](CC=O)O[Si](C)(C)C(C)(C)C. The minimum atomic E-state index is -1.78. The minimum Gasteiger partial charge on any atom is -0.410 e. The van der Waals surface area contributed by atoms with Gasteiger partial charge in [0.05, 0.1) is 6.10 Å². The van der Waals surface area contributed by atoms with Crippen LogP contribution in [-0.2, 0) is 9.22 Å². The smallest absolute Gasteiger partial charge is 0.192 e. The number of carbonyl (C=O) groups is 1. The molecule has 16 heavy (non-hydrogen) atoms. The topological polar surface area (TPSA) is 26.3 Å². The highest BCUT2D eigenvalue weighted by molar-refractivity contribution is 6.74. The molecule has 0 radical (unpaired) electrons. The van der Waals surface area contributed by atoms with E-state index in [4.69, 9.17) is 4.43 Å². The lowest BCUT2D eigenvalue weighted by atomic mass is 10.1. The molecular formula is C13H26O2Si. The number of hydrogen-bond acceptors (Lipinski definition) is 2. The van der Waals surface area contributed by atoms with Gasteiger partial charge in [0, 0.05) is 6.42 Å². The van der Waals surface area contributed by atoms with Crippen LogP contribution < -0.4 is 0 Å². The molecule has 0 heterocycles. The highest BCUT2D eigenvalue weighted by Crippen LogP contribution is 2.38. The molecule has 0 saturated carbocycles. The Morgan fingerprint density at radius 2 is 1.88 bits per heavy atom. The van der Waals surface area contributed by atoms with Gasteiger partial charge in [0.2, 0.25) is 0 Å². The van der Waals surface area contributed by atoms with Crippen molar-refractivity contribution in [1.82, 2.24) is 0 Å². The molecule has 0 fully saturated rings. The van der Waals surface area contributed by atoms with E-state index < -0.39 is 8.32 Å². The molecule has 0 N–H and O–H groups in total. The van der Waals surface area contributed by atoms with Crippen LogP contribution in [0.4, 0.5) is 0 Å². The third kappa shape index (κ3) is 4.22. The number of carbonyl (C=O) groups excluding carboxylic acids is 1. The zero-order valence-corrected chi connectivity index (χ0v) is 12.8. The maximum Gasteiger partial charge on any atom is 0.192 e. The molecular weight excluding hydrogens is 216 g/mol. The van der Waals surface area contributed by atoms with Gasteiger partial charge in [-0.05, 0) is 37.6 Å². The number of allylic oxidation sites excluding steroid dienone is 1. The molecule has 0 aliphatic carbocycles. The van der Waals surface area contributed by atoms with Crippen LogP contribution in [0.1, 0.15) is 41.0 Å². The summed E-state index contributed by atoms with van der Waals surface area (Å²) in [5, 5.41) is 0.183. The molecule has 0 saturated heterocycles. The van der Waals surface area contributed by atoms with Crippen molar-refractivity contribution in [2.75, 3.05) is 0 Å². The summed E-state index contributed by atoms with van der Waals surface area (Å²) in [7, 11) is -1.78. The third-order valence-electron chi connectivity index (χ3n) is 3.52. The first-order valence-corrected chi connectivity index (χ1v) is 8.80. The monoisotopic (exact) mass is 242 g/mol. The molecule has 0 amide bonds. The van der Waals surface area contributed by atoms with Crippen LogP contribution >= 0.6 is 0 Å². The zero-order chi connectivity index (χ0) is 13.0. The van der Waals surface area contributed by atoms with E-state index in [-0.39, 0.29) is 11.1 Å². The van der Waals surface area contributed by atoms with Gasteiger partial charge < -0.3 is 9.22 Å². The molecule has 0 unspecified atom stereocenters. The van der Waals surface area contributed by atoms with E-state index in [0.29, 0.717) is 6.42 Å². The Balaban J connectivity index is 4.82. The summed E-state index contributed by atoms with van der Waals surface area (Å²) < 4.78 is 6.23. The largest absolute Gasteiger partial charge is 0.410 e. The molecule has 1 atom stereocenters. The predicted octanol–water partition coefficient (Wildman–Crippen LogP) is 3.93. The molecule has 94 valence electrons. The number of aldehydes is 1. The van der Waals surface area contributed by atoms with Crippen molar-refractivity contribution in [1.29, 1.82) is 0 Å². The van der Waals surface area contributed by atoms with Gasteiger partial charge >= 0.3 is 0 Å². The summed E-state index contributed by atoms with van der Waals surface area (Å²) in [5.74, 6) is 0. The highest BCUT2D eigenvalue weighted by atomic mass is 28.4. The first-order valence-electron chi connectivity index (χ1n) is 5.90. The van der Waals surface area contributed by atoms with E-state index in [0.717, 1.165) is 11.9 Å². The Bertz CT molecular complexity index is 262. The Morgan fingerprint density at radius 3 is 2.19 bits per heavy atom. The van der Waals surface area contributed by atoms with Crippen LogP contribution in [0.3, 0.4) is 0 Å². The fraction of sp³-hybridized carbons (Fsp3) is 0.769. The van der Waals surface area contributed by atoms with Gasteiger partial charge in [-0.2, -0.15) is 0 Å². The highest BCUT2D eigenvalue weighted by Gasteiger charge is 2.39. The second kappa shape index (κ2) is 5.78. The minimum absolute atomic E-state index is 0.0385. The third-order valence-corrected chi connectivity index (χ3v) is 8.00. The summed E-state index contributed by atoms with van der Waals surface area (Å²) in [5.41, 5.74) is 1.15. The number of hydrogen-bond donors (Lipinski definition) is 0. The quantitative estimate of drug-likeness (QED) is 0.415. The van der Waals surface area contributed by atoms with Crippen molar-refractivity contribution in [2.24, 2.45) is 0 Å². The van der Waals surface area contributed by atoms with E-state index in [9.17, 15) is 4.79 Å². The van der Waals surface area contributed by atoms with Crippen molar-refractivity contribution in [3.63, 3.8) is 0 Å². The van der Waals surface area contributed by atoms with Crippen molar-refractivity contribution in [3.05, 3.63) is 11.6 Å². The van der Waals surface area contributed by atoms with E-state index in [2.05, 4.69) is 33.9 Å². The molecule has 0 aliphatic heterocycles. The van der Waals surface area contributed by atoms with Gasteiger partial charge in [-0.15, -0.1) is 0 Å².